The minimum Gasteiger partial charge on any atom is -0.490 e. The molecule has 1 heterocycles. The summed E-state index contributed by atoms with van der Waals surface area (Å²) in [5.74, 6) is 1.01. The van der Waals surface area contributed by atoms with Crippen molar-refractivity contribution < 1.29 is 14.1 Å². The van der Waals surface area contributed by atoms with E-state index in [1.807, 2.05) is 7.05 Å². The second-order valence-electron chi connectivity index (χ2n) is 5.42. The third-order valence-electron chi connectivity index (χ3n) is 3.75. The molecule has 0 amide bonds. The number of nitro groups is 1. The number of aromatic nitrogens is 3. The van der Waals surface area contributed by atoms with Crippen LogP contribution in [0.2, 0.25) is 0 Å². The largest absolute Gasteiger partial charge is 0.490 e. The van der Waals surface area contributed by atoms with Gasteiger partial charge >= 0.3 is 5.69 Å². The van der Waals surface area contributed by atoms with Gasteiger partial charge in [-0.15, -0.1) is 10.2 Å². The third-order valence-corrected chi connectivity index (χ3v) is 4.84. The number of methoxy groups -OCH3 is 1. The lowest BCUT2D eigenvalue weighted by Crippen LogP contribution is -1.96. The maximum atomic E-state index is 13.1. The molecule has 0 saturated carbocycles. The summed E-state index contributed by atoms with van der Waals surface area (Å²) in [5.41, 5.74) is 1.46. The summed E-state index contributed by atoms with van der Waals surface area (Å²) < 4.78 is 19.9. The molecule has 0 unspecified atom stereocenters. The first-order chi connectivity index (χ1) is 12.5. The Kier molecular flexibility index (Phi) is 5.17. The van der Waals surface area contributed by atoms with Crippen molar-refractivity contribution >= 4 is 17.4 Å². The summed E-state index contributed by atoms with van der Waals surface area (Å²) in [6, 6.07) is 10.9. The molecule has 3 rings (SSSR count). The molecule has 2 aromatic carbocycles. The molecule has 0 fully saturated rings. The predicted molar refractivity (Wildman–Crippen MR) is 95.6 cm³/mol. The van der Waals surface area contributed by atoms with Crippen LogP contribution in [0.4, 0.5) is 10.1 Å². The monoisotopic (exact) mass is 374 g/mol. The number of nitro benzene ring substituents is 1. The normalized spacial score (nSPS) is 10.7. The lowest BCUT2D eigenvalue weighted by atomic mass is 10.2. The van der Waals surface area contributed by atoms with Gasteiger partial charge in [0.1, 0.15) is 5.82 Å². The van der Waals surface area contributed by atoms with Crippen LogP contribution in [-0.4, -0.2) is 26.8 Å². The third kappa shape index (κ3) is 3.67. The highest BCUT2D eigenvalue weighted by atomic mass is 32.2. The number of benzene rings is 2. The maximum Gasteiger partial charge on any atom is 0.311 e. The summed E-state index contributed by atoms with van der Waals surface area (Å²) in [6.45, 7) is 0. The van der Waals surface area contributed by atoms with E-state index in [2.05, 4.69) is 10.2 Å². The highest BCUT2D eigenvalue weighted by molar-refractivity contribution is 7.98. The molecule has 0 bridgehead atoms. The number of thioether (sulfide) groups is 1. The van der Waals surface area contributed by atoms with Gasteiger partial charge in [0.2, 0.25) is 0 Å². The fourth-order valence-corrected chi connectivity index (χ4v) is 3.26. The summed E-state index contributed by atoms with van der Waals surface area (Å²) in [4.78, 5) is 10.6. The topological polar surface area (TPSA) is 83.1 Å². The Morgan fingerprint density at radius 3 is 2.62 bits per heavy atom. The van der Waals surface area contributed by atoms with Crippen molar-refractivity contribution in [3.63, 3.8) is 0 Å². The number of ether oxygens (including phenoxy) is 1. The second-order valence-corrected chi connectivity index (χ2v) is 6.37. The van der Waals surface area contributed by atoms with Crippen molar-refractivity contribution in [3.8, 4) is 17.1 Å². The smallest absolute Gasteiger partial charge is 0.311 e. The predicted octanol–water partition coefficient (Wildman–Crippen LogP) is 3.83. The first-order valence-electron chi connectivity index (χ1n) is 7.59. The highest BCUT2D eigenvalue weighted by Crippen LogP contribution is 2.31. The molecule has 9 heteroatoms. The zero-order valence-electron chi connectivity index (χ0n) is 14.0. The van der Waals surface area contributed by atoms with Gasteiger partial charge in [0.15, 0.2) is 16.7 Å². The lowest BCUT2D eigenvalue weighted by Gasteiger charge is -2.06. The average molecular weight is 374 g/mol. The maximum absolute atomic E-state index is 13.1. The molecular formula is C17H15FN4O3S. The molecule has 0 spiro atoms. The van der Waals surface area contributed by atoms with Crippen LogP contribution in [0.5, 0.6) is 5.75 Å². The van der Waals surface area contributed by atoms with E-state index >= 15 is 0 Å². The number of halogens is 1. The van der Waals surface area contributed by atoms with Crippen LogP contribution in [0.3, 0.4) is 0 Å². The van der Waals surface area contributed by atoms with E-state index in [9.17, 15) is 14.5 Å². The van der Waals surface area contributed by atoms with Crippen LogP contribution in [0.25, 0.3) is 11.4 Å². The fourth-order valence-electron chi connectivity index (χ4n) is 2.41. The van der Waals surface area contributed by atoms with E-state index in [0.717, 1.165) is 11.1 Å². The molecule has 0 radical (unpaired) electrons. The van der Waals surface area contributed by atoms with Crippen LogP contribution in [-0.2, 0) is 12.8 Å². The highest BCUT2D eigenvalue weighted by Gasteiger charge is 2.16. The summed E-state index contributed by atoms with van der Waals surface area (Å²) in [6.07, 6.45) is 0. The summed E-state index contributed by atoms with van der Waals surface area (Å²) in [7, 11) is 3.21. The Hall–Kier alpha value is -2.94. The molecular weight excluding hydrogens is 359 g/mol. The molecule has 0 aliphatic rings. The molecule has 26 heavy (non-hydrogen) atoms. The zero-order valence-corrected chi connectivity index (χ0v) is 14.9. The van der Waals surface area contributed by atoms with Crippen LogP contribution in [0.15, 0.2) is 47.6 Å². The van der Waals surface area contributed by atoms with Gasteiger partial charge in [-0.05, 0) is 35.9 Å². The van der Waals surface area contributed by atoms with Gasteiger partial charge in [-0.3, -0.25) is 10.1 Å². The van der Waals surface area contributed by atoms with Gasteiger partial charge in [-0.25, -0.2) is 4.39 Å². The Balaban J connectivity index is 1.78. The average Bonchev–Trinajstić information content (AvgIpc) is 3.01. The Morgan fingerprint density at radius 1 is 1.23 bits per heavy atom. The lowest BCUT2D eigenvalue weighted by molar-refractivity contribution is -0.385. The van der Waals surface area contributed by atoms with E-state index in [-0.39, 0.29) is 17.3 Å². The van der Waals surface area contributed by atoms with Crippen LogP contribution >= 0.6 is 11.8 Å². The second kappa shape index (κ2) is 7.52. The molecule has 3 aromatic rings. The van der Waals surface area contributed by atoms with E-state index < -0.39 is 4.92 Å². The first-order valence-corrected chi connectivity index (χ1v) is 8.57. The molecule has 134 valence electrons. The SMILES string of the molecule is COc1ccc(CSc2nnc(-c3ccc(F)cc3)n2C)cc1[N+](=O)[O-]. The van der Waals surface area contributed by atoms with Gasteiger partial charge in [-0.2, -0.15) is 0 Å². The van der Waals surface area contributed by atoms with E-state index in [1.165, 1.54) is 37.1 Å². The molecule has 7 nitrogen and oxygen atoms in total. The Labute approximate surface area is 153 Å². The molecule has 0 aliphatic carbocycles. The van der Waals surface area contributed by atoms with Crippen LogP contribution < -0.4 is 4.74 Å². The number of hydrogen-bond acceptors (Lipinski definition) is 6. The minimum atomic E-state index is -0.470. The van der Waals surface area contributed by atoms with Gasteiger partial charge in [0.05, 0.1) is 12.0 Å². The Bertz CT molecular complexity index is 944. The van der Waals surface area contributed by atoms with Gasteiger partial charge in [0, 0.05) is 24.4 Å². The summed E-state index contributed by atoms with van der Waals surface area (Å²) >= 11 is 1.40. The number of hydrogen-bond donors (Lipinski definition) is 0. The van der Waals surface area contributed by atoms with Crippen molar-refractivity contribution in [2.24, 2.45) is 7.05 Å². The van der Waals surface area contributed by atoms with Crippen molar-refractivity contribution in [1.82, 2.24) is 14.8 Å². The van der Waals surface area contributed by atoms with Crippen molar-refractivity contribution in [1.29, 1.82) is 0 Å². The van der Waals surface area contributed by atoms with E-state index in [0.29, 0.717) is 16.7 Å². The standard InChI is InChI=1S/C17H15FN4O3S/c1-21-16(12-4-6-13(18)7-5-12)19-20-17(21)26-10-11-3-8-15(25-2)14(9-11)22(23)24/h3-9H,10H2,1-2H3. The van der Waals surface area contributed by atoms with Crippen LogP contribution in [0.1, 0.15) is 5.56 Å². The van der Waals surface area contributed by atoms with Crippen molar-refractivity contribution in [2.75, 3.05) is 7.11 Å². The zero-order chi connectivity index (χ0) is 18.7. The van der Waals surface area contributed by atoms with Crippen molar-refractivity contribution in [3.05, 3.63) is 64.0 Å². The number of nitrogens with zero attached hydrogens (tertiary/aromatic N) is 4. The molecule has 1 aromatic heterocycles. The summed E-state index contributed by atoms with van der Waals surface area (Å²) in [5, 5.41) is 20.1. The van der Waals surface area contributed by atoms with E-state index in [1.54, 1.807) is 28.8 Å². The first kappa shape index (κ1) is 17.9. The molecule has 0 atom stereocenters. The van der Waals surface area contributed by atoms with Crippen molar-refractivity contribution in [2.45, 2.75) is 10.9 Å². The molecule has 0 N–H and O–H groups in total. The quantitative estimate of drug-likeness (QED) is 0.370. The van der Waals surface area contributed by atoms with Gasteiger partial charge in [-0.1, -0.05) is 17.8 Å². The number of rotatable bonds is 6. The van der Waals surface area contributed by atoms with E-state index in [4.69, 9.17) is 4.74 Å². The van der Waals surface area contributed by atoms with Crippen LogP contribution in [0, 0.1) is 15.9 Å². The van der Waals surface area contributed by atoms with Gasteiger partial charge in [0.25, 0.3) is 0 Å². The Morgan fingerprint density at radius 2 is 1.96 bits per heavy atom. The van der Waals surface area contributed by atoms with Gasteiger partial charge < -0.3 is 9.30 Å². The minimum absolute atomic E-state index is 0.0735. The fraction of sp³-hybridized carbons (Fsp3) is 0.176. The molecule has 0 aliphatic heterocycles. The molecule has 0 saturated heterocycles.